The van der Waals surface area contributed by atoms with Gasteiger partial charge in [0.05, 0.1) is 11.9 Å². The largest absolute Gasteiger partial charge is 0.476 e. The van der Waals surface area contributed by atoms with Crippen LogP contribution in [-0.2, 0) is 6.54 Å². The van der Waals surface area contributed by atoms with Crippen molar-refractivity contribution in [2.75, 3.05) is 0 Å². The van der Waals surface area contributed by atoms with E-state index in [2.05, 4.69) is 5.10 Å². The van der Waals surface area contributed by atoms with E-state index >= 15 is 0 Å². The number of carboxylic acids is 1. The summed E-state index contributed by atoms with van der Waals surface area (Å²) in [6.45, 7) is 0.271. The summed E-state index contributed by atoms with van der Waals surface area (Å²) in [5.74, 6) is -1.14. The highest BCUT2D eigenvalue weighted by molar-refractivity contribution is 7.07. The zero-order chi connectivity index (χ0) is 14.1. The van der Waals surface area contributed by atoms with Crippen molar-refractivity contribution in [3.05, 3.63) is 62.7 Å². The molecule has 3 rings (SSSR count). The fourth-order valence-corrected chi connectivity index (χ4v) is 2.72. The van der Waals surface area contributed by atoms with Crippen molar-refractivity contribution in [3.63, 3.8) is 0 Å². The summed E-state index contributed by atoms with van der Waals surface area (Å²) in [4.78, 5) is 23.6. The first-order chi connectivity index (χ1) is 9.66. The highest BCUT2D eigenvalue weighted by atomic mass is 32.1. The molecule has 2 aromatic heterocycles. The average molecular weight is 286 g/mol. The number of aromatic carboxylic acids is 1. The van der Waals surface area contributed by atoms with Gasteiger partial charge in [-0.15, -0.1) is 0 Å². The van der Waals surface area contributed by atoms with Crippen LogP contribution in [0.2, 0.25) is 0 Å². The van der Waals surface area contributed by atoms with E-state index in [9.17, 15) is 14.7 Å². The Bertz CT molecular complexity index is 837. The van der Waals surface area contributed by atoms with Crippen molar-refractivity contribution in [2.24, 2.45) is 0 Å². The fourth-order valence-electron chi connectivity index (χ4n) is 2.06. The molecule has 0 saturated carbocycles. The number of thiophene rings is 1. The van der Waals surface area contributed by atoms with Crippen LogP contribution in [0.25, 0.3) is 10.8 Å². The number of hydrogen-bond donors (Lipinski definition) is 1. The van der Waals surface area contributed by atoms with E-state index in [-0.39, 0.29) is 17.8 Å². The molecule has 2 heterocycles. The van der Waals surface area contributed by atoms with E-state index in [1.807, 2.05) is 16.8 Å². The van der Waals surface area contributed by atoms with Gasteiger partial charge in [0.15, 0.2) is 5.69 Å². The molecule has 0 radical (unpaired) electrons. The molecular formula is C14H10N2O3S. The SMILES string of the molecule is O=C(O)c1nn(Cc2ccsc2)c(=O)c2ccccc12. The van der Waals surface area contributed by atoms with Crippen LogP contribution in [0.4, 0.5) is 0 Å². The molecule has 0 aliphatic heterocycles. The highest BCUT2D eigenvalue weighted by Gasteiger charge is 2.15. The number of benzene rings is 1. The second-order valence-electron chi connectivity index (χ2n) is 4.29. The lowest BCUT2D eigenvalue weighted by atomic mass is 10.1. The van der Waals surface area contributed by atoms with Gasteiger partial charge in [-0.2, -0.15) is 16.4 Å². The molecule has 0 aliphatic carbocycles. The predicted molar refractivity (Wildman–Crippen MR) is 76.4 cm³/mol. The first-order valence-electron chi connectivity index (χ1n) is 5.91. The Morgan fingerprint density at radius 2 is 2.00 bits per heavy atom. The smallest absolute Gasteiger partial charge is 0.357 e. The molecule has 0 spiro atoms. The molecule has 6 heteroatoms. The van der Waals surface area contributed by atoms with Gasteiger partial charge in [-0.1, -0.05) is 18.2 Å². The maximum atomic E-state index is 12.3. The molecule has 0 bridgehead atoms. The van der Waals surface area contributed by atoms with Gasteiger partial charge in [0, 0.05) is 5.39 Å². The topological polar surface area (TPSA) is 72.2 Å². The highest BCUT2D eigenvalue weighted by Crippen LogP contribution is 2.14. The van der Waals surface area contributed by atoms with Gasteiger partial charge < -0.3 is 5.11 Å². The normalized spacial score (nSPS) is 10.8. The lowest BCUT2D eigenvalue weighted by Crippen LogP contribution is -2.26. The monoisotopic (exact) mass is 286 g/mol. The number of nitrogens with zero attached hydrogens (tertiary/aromatic N) is 2. The third-order valence-electron chi connectivity index (χ3n) is 2.98. The van der Waals surface area contributed by atoms with E-state index in [0.29, 0.717) is 10.8 Å². The quantitative estimate of drug-likeness (QED) is 0.801. The summed E-state index contributed by atoms with van der Waals surface area (Å²) in [6.07, 6.45) is 0. The van der Waals surface area contributed by atoms with E-state index in [1.54, 1.807) is 24.3 Å². The summed E-state index contributed by atoms with van der Waals surface area (Å²) in [5.41, 5.74) is 0.545. The van der Waals surface area contributed by atoms with Gasteiger partial charge in [-0.05, 0) is 28.5 Å². The van der Waals surface area contributed by atoms with Crippen LogP contribution in [0.3, 0.4) is 0 Å². The van der Waals surface area contributed by atoms with Gasteiger partial charge >= 0.3 is 5.97 Å². The zero-order valence-corrected chi connectivity index (χ0v) is 11.1. The first-order valence-corrected chi connectivity index (χ1v) is 6.85. The minimum Gasteiger partial charge on any atom is -0.476 e. The molecule has 0 aliphatic rings. The van der Waals surface area contributed by atoms with Crippen molar-refractivity contribution in [2.45, 2.75) is 6.54 Å². The van der Waals surface area contributed by atoms with Crippen LogP contribution in [-0.4, -0.2) is 20.9 Å². The van der Waals surface area contributed by atoms with E-state index in [0.717, 1.165) is 5.56 Å². The van der Waals surface area contributed by atoms with Crippen molar-refractivity contribution in [1.29, 1.82) is 0 Å². The molecule has 3 aromatic rings. The average Bonchev–Trinajstić information content (AvgIpc) is 2.94. The van der Waals surface area contributed by atoms with Gasteiger partial charge in [0.1, 0.15) is 0 Å². The lowest BCUT2D eigenvalue weighted by molar-refractivity contribution is 0.0690. The lowest BCUT2D eigenvalue weighted by Gasteiger charge is -2.07. The number of aromatic nitrogens is 2. The van der Waals surface area contributed by atoms with Gasteiger partial charge in [0.2, 0.25) is 0 Å². The van der Waals surface area contributed by atoms with Crippen molar-refractivity contribution in [1.82, 2.24) is 9.78 Å². The van der Waals surface area contributed by atoms with Crippen molar-refractivity contribution >= 4 is 28.1 Å². The van der Waals surface area contributed by atoms with Crippen molar-refractivity contribution in [3.8, 4) is 0 Å². The summed E-state index contributed by atoms with van der Waals surface area (Å²) in [7, 11) is 0. The molecule has 100 valence electrons. The summed E-state index contributed by atoms with van der Waals surface area (Å²) < 4.78 is 1.20. The standard InChI is InChI=1S/C14H10N2O3S/c17-13-11-4-2-1-3-10(11)12(14(18)19)15-16(13)7-9-5-6-20-8-9/h1-6,8H,7H2,(H,18,19). The Morgan fingerprint density at radius 3 is 2.65 bits per heavy atom. The number of carbonyl (C=O) groups is 1. The molecule has 0 unspecified atom stereocenters. The minimum absolute atomic E-state index is 0.101. The second-order valence-corrected chi connectivity index (χ2v) is 5.07. The van der Waals surface area contributed by atoms with E-state index < -0.39 is 5.97 Å². The van der Waals surface area contributed by atoms with Crippen LogP contribution >= 0.6 is 11.3 Å². The van der Waals surface area contributed by atoms with Gasteiger partial charge in [-0.25, -0.2) is 9.48 Å². The van der Waals surface area contributed by atoms with E-state index in [1.165, 1.54) is 16.0 Å². The van der Waals surface area contributed by atoms with Crippen LogP contribution < -0.4 is 5.56 Å². The first kappa shape index (κ1) is 12.6. The Kier molecular flexibility index (Phi) is 3.08. The zero-order valence-electron chi connectivity index (χ0n) is 10.3. The summed E-state index contributed by atoms with van der Waals surface area (Å²) in [5, 5.41) is 17.8. The number of fused-ring (bicyclic) bond motifs is 1. The molecule has 0 amide bonds. The molecule has 1 aromatic carbocycles. The molecule has 0 atom stereocenters. The van der Waals surface area contributed by atoms with E-state index in [4.69, 9.17) is 0 Å². The molecule has 0 saturated heterocycles. The number of carboxylic acid groups (broad SMARTS) is 1. The summed E-state index contributed by atoms with van der Waals surface area (Å²) in [6, 6.07) is 8.51. The minimum atomic E-state index is -1.14. The Morgan fingerprint density at radius 1 is 1.25 bits per heavy atom. The van der Waals surface area contributed by atoms with Gasteiger partial charge in [-0.3, -0.25) is 4.79 Å². The van der Waals surface area contributed by atoms with Crippen LogP contribution in [0.1, 0.15) is 16.1 Å². The number of rotatable bonds is 3. The summed E-state index contributed by atoms with van der Waals surface area (Å²) >= 11 is 1.52. The Balaban J connectivity index is 2.25. The van der Waals surface area contributed by atoms with Gasteiger partial charge in [0.25, 0.3) is 5.56 Å². The molecule has 5 nitrogen and oxygen atoms in total. The van der Waals surface area contributed by atoms with Crippen molar-refractivity contribution < 1.29 is 9.90 Å². The van der Waals surface area contributed by atoms with Crippen LogP contribution in [0, 0.1) is 0 Å². The Hall–Kier alpha value is -2.47. The fraction of sp³-hybridized carbons (Fsp3) is 0.0714. The van der Waals surface area contributed by atoms with Crippen LogP contribution in [0.5, 0.6) is 0 Å². The molecule has 20 heavy (non-hydrogen) atoms. The third kappa shape index (κ3) is 2.10. The third-order valence-corrected chi connectivity index (χ3v) is 3.71. The number of hydrogen-bond acceptors (Lipinski definition) is 4. The molecule has 1 N–H and O–H groups in total. The maximum absolute atomic E-state index is 12.3. The second kappa shape index (κ2) is 4.90. The maximum Gasteiger partial charge on any atom is 0.357 e. The molecule has 0 fully saturated rings. The Labute approximate surface area is 117 Å². The van der Waals surface area contributed by atoms with Crippen LogP contribution in [0.15, 0.2) is 45.9 Å². The predicted octanol–water partition coefficient (Wildman–Crippen LogP) is 2.20. The molecular weight excluding hydrogens is 276 g/mol.